The van der Waals surface area contributed by atoms with Crippen LogP contribution in [0.25, 0.3) is 6.08 Å². The summed E-state index contributed by atoms with van der Waals surface area (Å²) in [5, 5.41) is 2.86. The molecule has 1 aromatic carbocycles. The van der Waals surface area contributed by atoms with E-state index >= 15 is 0 Å². The normalized spacial score (nSPS) is 13.7. The van der Waals surface area contributed by atoms with Crippen molar-refractivity contribution in [1.82, 2.24) is 10.2 Å². The molecule has 0 saturated carbocycles. The molecular weight excluding hydrogens is 268 g/mol. The molecule has 0 radical (unpaired) electrons. The maximum Gasteiger partial charge on any atom is 0.243 e. The Morgan fingerprint density at radius 1 is 1.29 bits per heavy atom. The molecule has 1 aromatic rings. The smallest absolute Gasteiger partial charge is 0.243 e. The number of carbonyl (C=O) groups excluding carboxylic acids is 1. The van der Waals surface area contributed by atoms with Gasteiger partial charge in [-0.3, -0.25) is 4.79 Å². The van der Waals surface area contributed by atoms with E-state index in [-0.39, 0.29) is 5.91 Å². The summed E-state index contributed by atoms with van der Waals surface area (Å²) < 4.78 is 11.0. The third-order valence-electron chi connectivity index (χ3n) is 3.07. The fourth-order valence-electron chi connectivity index (χ4n) is 2.00. The van der Waals surface area contributed by atoms with Crippen molar-refractivity contribution in [3.8, 4) is 11.5 Å². The van der Waals surface area contributed by atoms with Crippen LogP contribution in [0.1, 0.15) is 12.0 Å². The SMILES string of the molecule is CN(C)CCCNC(=O)/C=C/c1ccc2c(c1)OCCO2. The second-order valence-electron chi connectivity index (χ2n) is 5.18. The highest BCUT2D eigenvalue weighted by atomic mass is 16.6. The van der Waals surface area contributed by atoms with E-state index in [4.69, 9.17) is 9.47 Å². The highest BCUT2D eigenvalue weighted by Crippen LogP contribution is 2.30. The van der Waals surface area contributed by atoms with Gasteiger partial charge in [0.2, 0.25) is 5.91 Å². The van der Waals surface area contributed by atoms with Crippen LogP contribution in [-0.4, -0.2) is 51.2 Å². The number of amides is 1. The molecule has 0 unspecified atom stereocenters. The Bertz CT molecular complexity index is 512. The molecule has 0 fully saturated rings. The lowest BCUT2D eigenvalue weighted by Gasteiger charge is -2.18. The van der Waals surface area contributed by atoms with E-state index < -0.39 is 0 Å². The lowest BCUT2D eigenvalue weighted by Crippen LogP contribution is -2.25. The van der Waals surface area contributed by atoms with Gasteiger partial charge in [-0.25, -0.2) is 0 Å². The lowest BCUT2D eigenvalue weighted by molar-refractivity contribution is -0.116. The Hall–Kier alpha value is -2.01. The van der Waals surface area contributed by atoms with Crippen LogP contribution >= 0.6 is 0 Å². The minimum atomic E-state index is -0.0800. The number of benzene rings is 1. The molecule has 0 atom stereocenters. The summed E-state index contributed by atoms with van der Waals surface area (Å²) >= 11 is 0. The zero-order chi connectivity index (χ0) is 15.1. The lowest BCUT2D eigenvalue weighted by atomic mass is 10.2. The van der Waals surface area contributed by atoms with Crippen molar-refractivity contribution in [3.05, 3.63) is 29.8 Å². The summed E-state index contributed by atoms with van der Waals surface area (Å²) in [4.78, 5) is 13.8. The van der Waals surface area contributed by atoms with Gasteiger partial charge in [0.15, 0.2) is 11.5 Å². The van der Waals surface area contributed by atoms with Crippen molar-refractivity contribution in [1.29, 1.82) is 0 Å². The minimum Gasteiger partial charge on any atom is -0.486 e. The van der Waals surface area contributed by atoms with Gasteiger partial charge in [0.25, 0.3) is 0 Å². The second kappa shape index (κ2) is 7.69. The standard InChI is InChI=1S/C16H22N2O3/c1-18(2)9-3-8-17-16(19)7-5-13-4-6-14-15(12-13)21-11-10-20-14/h4-7,12H,3,8-11H2,1-2H3,(H,17,19)/b7-5+. The van der Waals surface area contributed by atoms with Crippen LogP contribution in [0.2, 0.25) is 0 Å². The van der Waals surface area contributed by atoms with Crippen molar-refractivity contribution < 1.29 is 14.3 Å². The van der Waals surface area contributed by atoms with E-state index in [9.17, 15) is 4.79 Å². The number of ether oxygens (including phenoxy) is 2. The average molecular weight is 290 g/mol. The maximum absolute atomic E-state index is 11.7. The van der Waals surface area contributed by atoms with Crippen molar-refractivity contribution in [2.45, 2.75) is 6.42 Å². The molecule has 2 rings (SSSR count). The van der Waals surface area contributed by atoms with E-state index in [1.54, 1.807) is 12.2 Å². The minimum absolute atomic E-state index is 0.0800. The van der Waals surface area contributed by atoms with Crippen LogP contribution in [0.15, 0.2) is 24.3 Å². The summed E-state index contributed by atoms with van der Waals surface area (Å²) in [6, 6.07) is 5.65. The Labute approximate surface area is 125 Å². The van der Waals surface area contributed by atoms with Gasteiger partial charge in [0.05, 0.1) is 0 Å². The molecule has 114 valence electrons. The molecule has 5 heteroatoms. The van der Waals surface area contributed by atoms with Crippen LogP contribution in [0.3, 0.4) is 0 Å². The number of nitrogens with zero attached hydrogens (tertiary/aromatic N) is 1. The topological polar surface area (TPSA) is 50.8 Å². The molecule has 0 aliphatic carbocycles. The van der Waals surface area contributed by atoms with E-state index in [0.29, 0.717) is 19.8 Å². The maximum atomic E-state index is 11.7. The quantitative estimate of drug-likeness (QED) is 0.638. The fourth-order valence-corrected chi connectivity index (χ4v) is 2.00. The van der Waals surface area contributed by atoms with Crippen LogP contribution < -0.4 is 14.8 Å². The molecule has 0 bridgehead atoms. The summed E-state index contributed by atoms with van der Waals surface area (Å²) in [5.74, 6) is 1.41. The number of hydrogen-bond acceptors (Lipinski definition) is 4. The number of carbonyl (C=O) groups is 1. The highest BCUT2D eigenvalue weighted by molar-refractivity contribution is 5.91. The van der Waals surface area contributed by atoms with Crippen molar-refractivity contribution >= 4 is 12.0 Å². The second-order valence-corrected chi connectivity index (χ2v) is 5.18. The van der Waals surface area contributed by atoms with Crippen molar-refractivity contribution in [3.63, 3.8) is 0 Å². The van der Waals surface area contributed by atoms with Crippen LogP contribution in [0, 0.1) is 0 Å². The predicted molar refractivity (Wildman–Crippen MR) is 82.6 cm³/mol. The number of hydrogen-bond donors (Lipinski definition) is 1. The summed E-state index contributed by atoms with van der Waals surface area (Å²) in [6.45, 7) is 2.79. The first-order chi connectivity index (χ1) is 10.1. The largest absolute Gasteiger partial charge is 0.486 e. The molecule has 21 heavy (non-hydrogen) atoms. The fraction of sp³-hybridized carbons (Fsp3) is 0.438. The molecule has 1 amide bonds. The monoisotopic (exact) mass is 290 g/mol. The first-order valence-electron chi connectivity index (χ1n) is 7.15. The molecule has 1 heterocycles. The van der Waals surface area contributed by atoms with Crippen molar-refractivity contribution in [2.75, 3.05) is 40.4 Å². The summed E-state index contributed by atoms with van der Waals surface area (Å²) in [5.41, 5.74) is 0.919. The molecule has 1 N–H and O–H groups in total. The molecule has 1 aliphatic rings. The zero-order valence-electron chi connectivity index (χ0n) is 12.6. The van der Waals surface area contributed by atoms with E-state index in [2.05, 4.69) is 10.2 Å². The average Bonchev–Trinajstić information content (AvgIpc) is 2.49. The van der Waals surface area contributed by atoms with Gasteiger partial charge < -0.3 is 19.7 Å². The van der Waals surface area contributed by atoms with Crippen LogP contribution in [0.5, 0.6) is 11.5 Å². The van der Waals surface area contributed by atoms with E-state index in [1.165, 1.54) is 0 Å². The summed E-state index contributed by atoms with van der Waals surface area (Å²) in [6.07, 6.45) is 4.26. The Morgan fingerprint density at radius 3 is 2.81 bits per heavy atom. The Morgan fingerprint density at radius 2 is 2.05 bits per heavy atom. The first kappa shape index (κ1) is 15.4. The van der Waals surface area contributed by atoms with Crippen LogP contribution in [-0.2, 0) is 4.79 Å². The zero-order valence-corrected chi connectivity index (χ0v) is 12.6. The molecule has 0 saturated heterocycles. The van der Waals surface area contributed by atoms with Crippen LogP contribution in [0.4, 0.5) is 0 Å². The van der Waals surface area contributed by atoms with Gasteiger partial charge in [-0.15, -0.1) is 0 Å². The van der Waals surface area contributed by atoms with E-state index in [0.717, 1.165) is 30.0 Å². The first-order valence-corrected chi connectivity index (χ1v) is 7.15. The molecule has 1 aliphatic heterocycles. The van der Waals surface area contributed by atoms with Gasteiger partial charge in [-0.1, -0.05) is 6.07 Å². The third-order valence-corrected chi connectivity index (χ3v) is 3.07. The van der Waals surface area contributed by atoms with E-state index in [1.807, 2.05) is 32.3 Å². The molecule has 0 spiro atoms. The van der Waals surface area contributed by atoms with Gasteiger partial charge in [-0.2, -0.15) is 0 Å². The molecule has 5 nitrogen and oxygen atoms in total. The van der Waals surface area contributed by atoms with Gasteiger partial charge in [-0.05, 0) is 50.8 Å². The summed E-state index contributed by atoms with van der Waals surface area (Å²) in [7, 11) is 4.03. The number of fused-ring (bicyclic) bond motifs is 1. The van der Waals surface area contributed by atoms with Gasteiger partial charge >= 0.3 is 0 Å². The van der Waals surface area contributed by atoms with Crippen molar-refractivity contribution in [2.24, 2.45) is 0 Å². The molecule has 0 aromatic heterocycles. The molecular formula is C16H22N2O3. The van der Waals surface area contributed by atoms with Gasteiger partial charge in [0.1, 0.15) is 13.2 Å². The Balaban J connectivity index is 1.81. The number of rotatable bonds is 6. The number of nitrogens with one attached hydrogen (secondary N) is 1. The predicted octanol–water partition coefficient (Wildman–Crippen LogP) is 1.54. The van der Waals surface area contributed by atoms with Gasteiger partial charge in [0, 0.05) is 12.6 Å². The third kappa shape index (κ3) is 5.11. The Kier molecular flexibility index (Phi) is 5.63. The highest BCUT2D eigenvalue weighted by Gasteiger charge is 2.10.